The van der Waals surface area contributed by atoms with Gasteiger partial charge in [-0.05, 0) is 43.7 Å². The van der Waals surface area contributed by atoms with Crippen LogP contribution in [0, 0.1) is 18.3 Å². The van der Waals surface area contributed by atoms with Gasteiger partial charge in [-0.25, -0.2) is 0 Å². The number of aryl methyl sites for hydroxylation is 1. The van der Waals surface area contributed by atoms with Crippen LogP contribution in [0.4, 0.5) is 11.4 Å². The lowest BCUT2D eigenvalue weighted by atomic mass is 10.1. The van der Waals surface area contributed by atoms with E-state index in [1.54, 1.807) is 18.2 Å². The number of nitrogens with one attached hydrogen (secondary N) is 2. The molecule has 0 bridgehead atoms. The summed E-state index contributed by atoms with van der Waals surface area (Å²) < 4.78 is 0. The molecule has 0 aliphatic carbocycles. The maximum atomic E-state index is 12.7. The molecule has 0 unspecified atom stereocenters. The van der Waals surface area contributed by atoms with Crippen molar-refractivity contribution in [1.29, 1.82) is 5.26 Å². The van der Waals surface area contributed by atoms with Crippen molar-refractivity contribution in [3.8, 4) is 6.07 Å². The SMILES string of the molecule is Cc1ccc(Cl)cc1N1CC[NH+]([C@H](C)C(=O)Nc2ccccc2C#N)CC1. The number of benzene rings is 2. The molecule has 2 aromatic carbocycles. The number of halogens is 1. The van der Waals surface area contributed by atoms with E-state index >= 15 is 0 Å². The zero-order chi connectivity index (χ0) is 19.4. The third-order valence-corrected chi connectivity index (χ3v) is 5.46. The van der Waals surface area contributed by atoms with Gasteiger partial charge in [-0.3, -0.25) is 4.79 Å². The summed E-state index contributed by atoms with van der Waals surface area (Å²) in [6.07, 6.45) is 0. The lowest BCUT2D eigenvalue weighted by molar-refractivity contribution is -0.914. The van der Waals surface area contributed by atoms with Crippen LogP contribution >= 0.6 is 11.6 Å². The predicted molar refractivity (Wildman–Crippen MR) is 108 cm³/mol. The standard InChI is InChI=1S/C21H23ClN4O/c1-15-7-8-18(22)13-20(15)26-11-9-25(10-12-26)16(2)21(27)24-19-6-4-3-5-17(19)14-23/h3-8,13,16H,9-12H2,1-2H3,(H,24,27)/p+1/t16-/m1/s1. The fourth-order valence-electron chi connectivity index (χ4n) is 3.51. The van der Waals surface area contributed by atoms with E-state index in [0.29, 0.717) is 11.3 Å². The van der Waals surface area contributed by atoms with Crippen LogP contribution in [0.1, 0.15) is 18.1 Å². The molecule has 1 aliphatic rings. The van der Waals surface area contributed by atoms with E-state index in [9.17, 15) is 10.1 Å². The maximum Gasteiger partial charge on any atom is 0.282 e. The van der Waals surface area contributed by atoms with Crippen LogP contribution in [-0.2, 0) is 4.79 Å². The number of hydrogen-bond donors (Lipinski definition) is 2. The average Bonchev–Trinajstić information content (AvgIpc) is 2.69. The molecule has 140 valence electrons. The van der Waals surface area contributed by atoms with Crippen molar-refractivity contribution >= 4 is 28.9 Å². The smallest absolute Gasteiger partial charge is 0.282 e. The highest BCUT2D eigenvalue weighted by Crippen LogP contribution is 2.24. The Bertz CT molecular complexity index is 869. The molecule has 6 heteroatoms. The highest BCUT2D eigenvalue weighted by atomic mass is 35.5. The van der Waals surface area contributed by atoms with Gasteiger partial charge in [-0.2, -0.15) is 5.26 Å². The van der Waals surface area contributed by atoms with Crippen molar-refractivity contribution < 1.29 is 9.69 Å². The monoisotopic (exact) mass is 383 g/mol. The highest BCUT2D eigenvalue weighted by molar-refractivity contribution is 6.30. The Morgan fingerprint density at radius 3 is 2.67 bits per heavy atom. The molecule has 0 saturated carbocycles. The van der Waals surface area contributed by atoms with E-state index in [0.717, 1.165) is 31.2 Å². The zero-order valence-corrected chi connectivity index (χ0v) is 16.4. The molecule has 1 saturated heterocycles. The van der Waals surface area contributed by atoms with Crippen LogP contribution in [-0.4, -0.2) is 38.1 Å². The number of carbonyl (C=O) groups is 1. The van der Waals surface area contributed by atoms with Crippen molar-refractivity contribution in [2.24, 2.45) is 0 Å². The minimum Gasteiger partial charge on any atom is -0.360 e. The number of piperazine rings is 1. The quantitative estimate of drug-likeness (QED) is 0.851. The number of para-hydroxylation sites is 1. The lowest BCUT2D eigenvalue weighted by Gasteiger charge is -2.36. The number of carbonyl (C=O) groups excluding carboxylic acids is 1. The summed E-state index contributed by atoms with van der Waals surface area (Å²) in [6.45, 7) is 7.54. The van der Waals surface area contributed by atoms with Crippen LogP contribution in [0.25, 0.3) is 0 Å². The number of quaternary nitrogens is 1. The third-order valence-electron chi connectivity index (χ3n) is 5.23. The fourth-order valence-corrected chi connectivity index (χ4v) is 3.67. The van der Waals surface area contributed by atoms with Gasteiger partial charge < -0.3 is 15.1 Å². The molecule has 1 heterocycles. The average molecular weight is 384 g/mol. The van der Waals surface area contributed by atoms with Crippen molar-refractivity contribution in [2.75, 3.05) is 36.4 Å². The van der Waals surface area contributed by atoms with E-state index in [1.807, 2.05) is 31.2 Å². The van der Waals surface area contributed by atoms with E-state index in [4.69, 9.17) is 11.6 Å². The molecule has 2 N–H and O–H groups in total. The summed E-state index contributed by atoms with van der Waals surface area (Å²) in [5.74, 6) is -0.0555. The van der Waals surface area contributed by atoms with Gasteiger partial charge in [0, 0.05) is 10.7 Å². The second-order valence-electron chi connectivity index (χ2n) is 6.94. The van der Waals surface area contributed by atoms with E-state index in [2.05, 4.69) is 23.2 Å². The Morgan fingerprint density at radius 1 is 1.26 bits per heavy atom. The predicted octanol–water partition coefficient (Wildman–Crippen LogP) is 2.25. The minimum atomic E-state index is -0.181. The number of rotatable bonds is 4. The van der Waals surface area contributed by atoms with Gasteiger partial charge in [0.25, 0.3) is 5.91 Å². The normalized spacial score (nSPS) is 15.9. The molecule has 1 aliphatic heterocycles. The Kier molecular flexibility index (Phi) is 6.00. The Morgan fingerprint density at radius 2 is 1.96 bits per heavy atom. The molecule has 2 aromatic rings. The maximum absolute atomic E-state index is 12.7. The largest absolute Gasteiger partial charge is 0.360 e. The van der Waals surface area contributed by atoms with Crippen LogP contribution in [0.2, 0.25) is 5.02 Å². The van der Waals surface area contributed by atoms with Crippen molar-refractivity contribution in [3.05, 3.63) is 58.6 Å². The van der Waals surface area contributed by atoms with Gasteiger partial charge in [-0.15, -0.1) is 0 Å². The highest BCUT2D eigenvalue weighted by Gasteiger charge is 2.30. The Labute approximate surface area is 165 Å². The second kappa shape index (κ2) is 8.43. The summed E-state index contributed by atoms with van der Waals surface area (Å²) >= 11 is 6.15. The fraction of sp³-hybridized carbons (Fsp3) is 0.333. The minimum absolute atomic E-state index is 0.0555. The van der Waals surface area contributed by atoms with Gasteiger partial charge in [0.2, 0.25) is 0 Å². The molecule has 3 rings (SSSR count). The van der Waals surface area contributed by atoms with Crippen LogP contribution in [0.15, 0.2) is 42.5 Å². The summed E-state index contributed by atoms with van der Waals surface area (Å²) in [5.41, 5.74) is 3.43. The molecule has 0 aromatic heterocycles. The van der Waals surface area contributed by atoms with Crippen LogP contribution < -0.4 is 15.1 Å². The van der Waals surface area contributed by atoms with E-state index in [-0.39, 0.29) is 11.9 Å². The van der Waals surface area contributed by atoms with Crippen molar-refractivity contribution in [3.63, 3.8) is 0 Å². The molecule has 0 spiro atoms. The second-order valence-corrected chi connectivity index (χ2v) is 7.38. The molecule has 0 radical (unpaired) electrons. The number of nitrogens with zero attached hydrogens (tertiary/aromatic N) is 2. The van der Waals surface area contributed by atoms with Gasteiger partial charge in [-0.1, -0.05) is 29.8 Å². The molecular formula is C21H24ClN4O+. The van der Waals surface area contributed by atoms with E-state index in [1.165, 1.54) is 16.2 Å². The molecule has 1 fully saturated rings. The third kappa shape index (κ3) is 4.41. The first-order valence-corrected chi connectivity index (χ1v) is 9.53. The summed E-state index contributed by atoms with van der Waals surface area (Å²) in [6, 6.07) is 15.0. The number of hydrogen-bond acceptors (Lipinski definition) is 3. The van der Waals surface area contributed by atoms with Gasteiger partial charge in [0.05, 0.1) is 37.4 Å². The van der Waals surface area contributed by atoms with Gasteiger partial charge in [0.15, 0.2) is 6.04 Å². The topological polar surface area (TPSA) is 60.6 Å². The summed E-state index contributed by atoms with van der Waals surface area (Å²) in [4.78, 5) is 16.2. The van der Waals surface area contributed by atoms with Crippen LogP contribution in [0.5, 0.6) is 0 Å². The molecule has 1 atom stereocenters. The van der Waals surface area contributed by atoms with Crippen molar-refractivity contribution in [2.45, 2.75) is 19.9 Å². The molecule has 1 amide bonds. The molecule has 5 nitrogen and oxygen atoms in total. The number of nitriles is 1. The summed E-state index contributed by atoms with van der Waals surface area (Å²) in [7, 11) is 0. The molecule has 27 heavy (non-hydrogen) atoms. The number of anilines is 2. The zero-order valence-electron chi connectivity index (χ0n) is 15.6. The first kappa shape index (κ1) is 19.2. The number of amides is 1. The molecular weight excluding hydrogens is 360 g/mol. The Hall–Kier alpha value is -2.55. The lowest BCUT2D eigenvalue weighted by Crippen LogP contribution is -3.19. The van der Waals surface area contributed by atoms with Crippen molar-refractivity contribution in [1.82, 2.24) is 0 Å². The van der Waals surface area contributed by atoms with Gasteiger partial charge >= 0.3 is 0 Å². The Balaban J connectivity index is 1.61. The first-order chi connectivity index (χ1) is 13.0. The van der Waals surface area contributed by atoms with E-state index < -0.39 is 0 Å². The van der Waals surface area contributed by atoms with Crippen LogP contribution in [0.3, 0.4) is 0 Å². The first-order valence-electron chi connectivity index (χ1n) is 9.15. The summed E-state index contributed by atoms with van der Waals surface area (Å²) in [5, 5.41) is 12.8. The van der Waals surface area contributed by atoms with Gasteiger partial charge in [0.1, 0.15) is 6.07 Å².